The van der Waals surface area contributed by atoms with E-state index in [0.717, 1.165) is 19.6 Å². The fourth-order valence-corrected chi connectivity index (χ4v) is 4.39. The van der Waals surface area contributed by atoms with Gasteiger partial charge in [0, 0.05) is 19.6 Å². The molecule has 1 heterocycles. The predicted molar refractivity (Wildman–Crippen MR) is 97.6 cm³/mol. The summed E-state index contributed by atoms with van der Waals surface area (Å²) in [5, 5.41) is 0.299. The van der Waals surface area contributed by atoms with Crippen LogP contribution in [0, 0.1) is 5.92 Å². The second-order valence-electron chi connectivity index (χ2n) is 8.40. The highest BCUT2D eigenvalue weighted by atomic mass is 28.4. The molecular formula is C19H33NOSi. The largest absolute Gasteiger partial charge is 0.414 e. The highest BCUT2D eigenvalue weighted by Crippen LogP contribution is 2.39. The first-order valence-electron chi connectivity index (χ1n) is 8.63. The molecule has 1 aliphatic heterocycles. The molecule has 1 saturated heterocycles. The molecule has 0 aromatic heterocycles. The third kappa shape index (κ3) is 4.43. The maximum absolute atomic E-state index is 6.67. The standard InChI is InChI=1S/C19H33NOSi/c1-16-14-20(15-17-10-8-7-9-11-17)13-12-18(16)21-22(5,6)19(2,3)4/h7-11,16,18H,12-15H2,1-6H3. The molecule has 1 aromatic rings. The van der Waals surface area contributed by atoms with Gasteiger partial charge in [-0.3, -0.25) is 4.90 Å². The van der Waals surface area contributed by atoms with E-state index in [0.29, 0.717) is 17.1 Å². The molecule has 0 amide bonds. The Labute approximate surface area is 138 Å². The van der Waals surface area contributed by atoms with Crippen LogP contribution < -0.4 is 0 Å². The Kier molecular flexibility index (Phi) is 5.52. The van der Waals surface area contributed by atoms with E-state index in [4.69, 9.17) is 4.43 Å². The minimum Gasteiger partial charge on any atom is -0.414 e. The van der Waals surface area contributed by atoms with Crippen molar-refractivity contribution in [3.05, 3.63) is 35.9 Å². The fraction of sp³-hybridized carbons (Fsp3) is 0.684. The van der Waals surface area contributed by atoms with E-state index >= 15 is 0 Å². The van der Waals surface area contributed by atoms with Crippen LogP contribution in [-0.4, -0.2) is 32.4 Å². The summed E-state index contributed by atoms with van der Waals surface area (Å²) in [6.45, 7) is 17.4. The Morgan fingerprint density at radius 3 is 2.36 bits per heavy atom. The number of likely N-dealkylation sites (tertiary alicyclic amines) is 1. The second-order valence-corrected chi connectivity index (χ2v) is 13.2. The zero-order chi connectivity index (χ0) is 16.4. The Morgan fingerprint density at radius 2 is 1.82 bits per heavy atom. The molecule has 124 valence electrons. The molecule has 0 aliphatic carbocycles. The highest BCUT2D eigenvalue weighted by molar-refractivity contribution is 6.74. The van der Waals surface area contributed by atoms with E-state index in [9.17, 15) is 0 Å². The van der Waals surface area contributed by atoms with Gasteiger partial charge >= 0.3 is 0 Å². The van der Waals surface area contributed by atoms with Crippen molar-refractivity contribution in [3.63, 3.8) is 0 Å². The molecule has 2 atom stereocenters. The SMILES string of the molecule is CC1CN(Cc2ccccc2)CCC1O[Si](C)(C)C(C)(C)C. The van der Waals surface area contributed by atoms with Crippen molar-refractivity contribution in [2.24, 2.45) is 5.92 Å². The first kappa shape index (κ1) is 17.7. The van der Waals surface area contributed by atoms with Crippen LogP contribution in [0.3, 0.4) is 0 Å². The van der Waals surface area contributed by atoms with Crippen molar-refractivity contribution in [2.45, 2.75) is 64.9 Å². The van der Waals surface area contributed by atoms with E-state index in [-0.39, 0.29) is 0 Å². The Balaban J connectivity index is 1.90. The van der Waals surface area contributed by atoms with Gasteiger partial charge in [0.2, 0.25) is 0 Å². The van der Waals surface area contributed by atoms with Gasteiger partial charge in [0.15, 0.2) is 8.32 Å². The molecule has 0 saturated carbocycles. The van der Waals surface area contributed by atoms with Crippen molar-refractivity contribution in [3.8, 4) is 0 Å². The molecule has 2 nitrogen and oxygen atoms in total. The predicted octanol–water partition coefficient (Wildman–Crippen LogP) is 4.92. The minimum atomic E-state index is -1.65. The molecule has 1 aliphatic rings. The van der Waals surface area contributed by atoms with E-state index in [1.165, 1.54) is 12.0 Å². The van der Waals surface area contributed by atoms with Gasteiger partial charge in [-0.05, 0) is 36.0 Å². The van der Waals surface area contributed by atoms with Crippen molar-refractivity contribution in [1.82, 2.24) is 4.90 Å². The zero-order valence-electron chi connectivity index (χ0n) is 15.2. The summed E-state index contributed by atoms with van der Waals surface area (Å²) in [6.07, 6.45) is 1.61. The van der Waals surface area contributed by atoms with Gasteiger partial charge in [0.25, 0.3) is 0 Å². The van der Waals surface area contributed by atoms with Gasteiger partial charge in [0.1, 0.15) is 0 Å². The summed E-state index contributed by atoms with van der Waals surface area (Å²) >= 11 is 0. The maximum Gasteiger partial charge on any atom is 0.192 e. The third-order valence-corrected chi connectivity index (χ3v) is 9.92. The minimum absolute atomic E-state index is 0.299. The van der Waals surface area contributed by atoms with Crippen LogP contribution in [0.5, 0.6) is 0 Å². The summed E-state index contributed by atoms with van der Waals surface area (Å²) in [5.41, 5.74) is 1.42. The third-order valence-electron chi connectivity index (χ3n) is 5.41. The molecule has 0 spiro atoms. The first-order chi connectivity index (χ1) is 10.2. The summed E-state index contributed by atoms with van der Waals surface area (Å²) < 4.78 is 6.67. The fourth-order valence-electron chi connectivity index (χ4n) is 2.93. The van der Waals surface area contributed by atoms with Crippen LogP contribution in [0.15, 0.2) is 30.3 Å². The van der Waals surface area contributed by atoms with Crippen LogP contribution in [-0.2, 0) is 11.0 Å². The number of rotatable bonds is 4. The number of nitrogens with zero attached hydrogens (tertiary/aromatic N) is 1. The lowest BCUT2D eigenvalue weighted by Gasteiger charge is -2.44. The smallest absolute Gasteiger partial charge is 0.192 e. The van der Waals surface area contributed by atoms with E-state index in [1.807, 2.05) is 0 Å². The first-order valence-corrected chi connectivity index (χ1v) is 11.5. The topological polar surface area (TPSA) is 12.5 Å². The Bertz CT molecular complexity index is 466. The van der Waals surface area contributed by atoms with E-state index in [2.05, 4.69) is 76.0 Å². The van der Waals surface area contributed by atoms with Crippen molar-refractivity contribution >= 4 is 8.32 Å². The summed E-state index contributed by atoms with van der Waals surface area (Å²) in [5.74, 6) is 0.617. The molecule has 1 fully saturated rings. The lowest BCUT2D eigenvalue weighted by molar-refractivity contribution is 0.0398. The van der Waals surface area contributed by atoms with Crippen LogP contribution in [0.4, 0.5) is 0 Å². The lowest BCUT2D eigenvalue weighted by atomic mass is 9.96. The van der Waals surface area contributed by atoms with Crippen molar-refractivity contribution < 1.29 is 4.43 Å². The Hall–Kier alpha value is -0.643. The molecule has 0 bridgehead atoms. The summed E-state index contributed by atoms with van der Waals surface area (Å²) in [4.78, 5) is 2.57. The second kappa shape index (κ2) is 6.86. The summed E-state index contributed by atoms with van der Waals surface area (Å²) in [6, 6.07) is 10.8. The normalized spacial score (nSPS) is 24.5. The monoisotopic (exact) mass is 319 g/mol. The van der Waals surface area contributed by atoms with Crippen LogP contribution in [0.25, 0.3) is 0 Å². The van der Waals surface area contributed by atoms with Crippen LogP contribution >= 0.6 is 0 Å². The van der Waals surface area contributed by atoms with E-state index in [1.54, 1.807) is 0 Å². The molecular weight excluding hydrogens is 286 g/mol. The van der Waals surface area contributed by atoms with Gasteiger partial charge in [0.05, 0.1) is 6.10 Å². The van der Waals surface area contributed by atoms with Gasteiger partial charge in [-0.25, -0.2) is 0 Å². The van der Waals surface area contributed by atoms with Gasteiger partial charge in [-0.2, -0.15) is 0 Å². The number of benzene rings is 1. The molecule has 3 heteroatoms. The number of hydrogen-bond donors (Lipinski definition) is 0. The zero-order valence-corrected chi connectivity index (χ0v) is 16.2. The van der Waals surface area contributed by atoms with Crippen molar-refractivity contribution in [2.75, 3.05) is 13.1 Å². The number of hydrogen-bond acceptors (Lipinski definition) is 2. The van der Waals surface area contributed by atoms with Crippen LogP contribution in [0.2, 0.25) is 18.1 Å². The van der Waals surface area contributed by atoms with Gasteiger partial charge in [-0.1, -0.05) is 58.0 Å². The molecule has 22 heavy (non-hydrogen) atoms. The number of piperidine rings is 1. The van der Waals surface area contributed by atoms with Crippen LogP contribution in [0.1, 0.15) is 39.7 Å². The van der Waals surface area contributed by atoms with E-state index < -0.39 is 8.32 Å². The van der Waals surface area contributed by atoms with Crippen molar-refractivity contribution in [1.29, 1.82) is 0 Å². The molecule has 1 aromatic carbocycles. The Morgan fingerprint density at radius 1 is 1.18 bits per heavy atom. The summed E-state index contributed by atoms with van der Waals surface area (Å²) in [7, 11) is -1.65. The lowest BCUT2D eigenvalue weighted by Crippen LogP contribution is -2.50. The molecule has 0 radical (unpaired) electrons. The average Bonchev–Trinajstić information content (AvgIpc) is 2.42. The molecule has 2 unspecified atom stereocenters. The quantitative estimate of drug-likeness (QED) is 0.730. The molecule has 0 N–H and O–H groups in total. The maximum atomic E-state index is 6.67. The molecule has 2 rings (SSSR count). The van der Waals surface area contributed by atoms with Gasteiger partial charge in [-0.15, -0.1) is 0 Å². The highest BCUT2D eigenvalue weighted by Gasteiger charge is 2.41. The van der Waals surface area contributed by atoms with Gasteiger partial charge < -0.3 is 4.43 Å². The average molecular weight is 320 g/mol.